The zero-order chi connectivity index (χ0) is 11.7. The minimum absolute atomic E-state index is 0.00660. The lowest BCUT2D eigenvalue weighted by Crippen LogP contribution is -2.45. The average molecular weight is 217 g/mol. The van der Waals surface area contributed by atoms with Gasteiger partial charge in [-0.15, -0.1) is 0 Å². The molecule has 0 bridgehead atoms. The summed E-state index contributed by atoms with van der Waals surface area (Å²) < 4.78 is 4.83. The number of ether oxygens (including phenoxy) is 1. The lowest BCUT2D eigenvalue weighted by molar-refractivity contribution is -0.123. The van der Waals surface area contributed by atoms with E-state index in [4.69, 9.17) is 10.5 Å². The number of carbonyl (C=O) groups excluding carboxylic acids is 2. The highest BCUT2D eigenvalue weighted by atomic mass is 16.5. The predicted molar refractivity (Wildman–Crippen MR) is 56.2 cm³/mol. The highest BCUT2D eigenvalue weighted by molar-refractivity contribution is 5.82. The van der Waals surface area contributed by atoms with Crippen LogP contribution in [-0.2, 0) is 14.3 Å². The molecule has 0 aliphatic rings. The second kappa shape index (κ2) is 8.19. The van der Waals surface area contributed by atoms with Crippen molar-refractivity contribution >= 4 is 11.8 Å². The summed E-state index contributed by atoms with van der Waals surface area (Å²) in [5, 5.41) is 5.41. The van der Waals surface area contributed by atoms with Gasteiger partial charge >= 0.3 is 0 Å². The van der Waals surface area contributed by atoms with E-state index >= 15 is 0 Å². The maximum absolute atomic E-state index is 11.4. The molecule has 6 nitrogen and oxygen atoms in total. The van der Waals surface area contributed by atoms with Crippen LogP contribution in [0.4, 0.5) is 0 Å². The second-order valence-electron chi connectivity index (χ2n) is 3.21. The van der Waals surface area contributed by atoms with Crippen LogP contribution in [0.3, 0.4) is 0 Å². The Kier molecular flexibility index (Phi) is 7.57. The van der Waals surface area contributed by atoms with Crippen molar-refractivity contribution in [1.29, 1.82) is 0 Å². The topological polar surface area (TPSA) is 93.4 Å². The molecule has 0 heterocycles. The summed E-state index contributed by atoms with van der Waals surface area (Å²) in [4.78, 5) is 21.8. The van der Waals surface area contributed by atoms with Gasteiger partial charge in [0.25, 0.3) is 0 Å². The van der Waals surface area contributed by atoms with Gasteiger partial charge < -0.3 is 15.8 Å². The normalized spacial score (nSPS) is 12.1. The van der Waals surface area contributed by atoms with E-state index in [1.54, 1.807) is 14.0 Å². The van der Waals surface area contributed by atoms with Gasteiger partial charge in [-0.3, -0.25) is 14.9 Å². The molecule has 2 amide bonds. The first-order valence-electron chi connectivity index (χ1n) is 4.86. The summed E-state index contributed by atoms with van der Waals surface area (Å²) in [6.07, 6.45) is 0.769. The van der Waals surface area contributed by atoms with E-state index in [9.17, 15) is 9.59 Å². The monoisotopic (exact) mass is 217 g/mol. The van der Waals surface area contributed by atoms with Crippen molar-refractivity contribution in [3.8, 4) is 0 Å². The fourth-order valence-electron chi connectivity index (χ4n) is 0.928. The third-order valence-corrected chi connectivity index (χ3v) is 1.80. The Morgan fingerprint density at radius 3 is 2.67 bits per heavy atom. The van der Waals surface area contributed by atoms with Gasteiger partial charge in [0.1, 0.15) is 0 Å². The summed E-state index contributed by atoms with van der Waals surface area (Å²) in [6.45, 7) is 2.86. The molecule has 0 fully saturated rings. The molecule has 0 saturated heterocycles. The SMILES string of the molecule is COCCCNC(=O)C(C)NCC(N)=O. The van der Waals surface area contributed by atoms with Crippen molar-refractivity contribution in [3.05, 3.63) is 0 Å². The molecule has 1 atom stereocenters. The predicted octanol–water partition coefficient (Wildman–Crippen LogP) is -1.40. The van der Waals surface area contributed by atoms with Crippen molar-refractivity contribution in [2.45, 2.75) is 19.4 Å². The molecular formula is C9H19N3O3. The standard InChI is InChI=1S/C9H19N3O3/c1-7(12-6-8(10)13)9(14)11-4-3-5-15-2/h7,12H,3-6H2,1-2H3,(H2,10,13)(H,11,14). The third-order valence-electron chi connectivity index (χ3n) is 1.80. The summed E-state index contributed by atoms with van der Waals surface area (Å²) in [7, 11) is 1.61. The van der Waals surface area contributed by atoms with Crippen LogP contribution in [0.2, 0.25) is 0 Å². The van der Waals surface area contributed by atoms with Crippen LogP contribution < -0.4 is 16.4 Å². The first kappa shape index (κ1) is 13.9. The van der Waals surface area contributed by atoms with E-state index in [2.05, 4.69) is 10.6 Å². The van der Waals surface area contributed by atoms with Crippen LogP contribution in [0.5, 0.6) is 0 Å². The third kappa shape index (κ3) is 7.90. The first-order valence-corrected chi connectivity index (χ1v) is 4.86. The molecule has 0 aromatic heterocycles. The van der Waals surface area contributed by atoms with Gasteiger partial charge in [0.2, 0.25) is 11.8 Å². The van der Waals surface area contributed by atoms with E-state index < -0.39 is 11.9 Å². The van der Waals surface area contributed by atoms with Gasteiger partial charge in [0, 0.05) is 20.3 Å². The number of hydrogen-bond donors (Lipinski definition) is 3. The molecule has 6 heteroatoms. The molecule has 15 heavy (non-hydrogen) atoms. The molecule has 0 aliphatic heterocycles. The number of primary amides is 1. The van der Waals surface area contributed by atoms with Crippen molar-refractivity contribution in [2.24, 2.45) is 5.73 Å². The molecule has 88 valence electrons. The summed E-state index contributed by atoms with van der Waals surface area (Å²) in [6, 6.07) is -0.417. The Labute approximate surface area is 89.5 Å². The number of rotatable bonds is 8. The highest BCUT2D eigenvalue weighted by Crippen LogP contribution is 1.83. The molecule has 0 radical (unpaired) electrons. The van der Waals surface area contributed by atoms with Crippen LogP contribution in [0.25, 0.3) is 0 Å². The Bertz CT molecular complexity index is 209. The molecule has 0 rings (SSSR count). The minimum atomic E-state index is -0.478. The summed E-state index contributed by atoms with van der Waals surface area (Å²) >= 11 is 0. The molecule has 0 saturated carbocycles. The number of nitrogens with two attached hydrogens (primary N) is 1. The van der Waals surface area contributed by atoms with E-state index in [1.807, 2.05) is 0 Å². The quantitative estimate of drug-likeness (QED) is 0.436. The minimum Gasteiger partial charge on any atom is -0.385 e. The molecule has 4 N–H and O–H groups in total. The highest BCUT2D eigenvalue weighted by Gasteiger charge is 2.11. The zero-order valence-electron chi connectivity index (χ0n) is 9.21. The number of carbonyl (C=O) groups is 2. The zero-order valence-corrected chi connectivity index (χ0v) is 9.21. The lowest BCUT2D eigenvalue weighted by Gasteiger charge is -2.12. The van der Waals surface area contributed by atoms with Gasteiger partial charge in [0.05, 0.1) is 12.6 Å². The van der Waals surface area contributed by atoms with Crippen LogP contribution in [0, 0.1) is 0 Å². The summed E-state index contributed by atoms with van der Waals surface area (Å²) in [5.74, 6) is -0.624. The Morgan fingerprint density at radius 1 is 1.47 bits per heavy atom. The molecule has 0 spiro atoms. The number of methoxy groups -OCH3 is 1. The van der Waals surface area contributed by atoms with Crippen LogP contribution in [-0.4, -0.2) is 44.7 Å². The largest absolute Gasteiger partial charge is 0.385 e. The average Bonchev–Trinajstić information content (AvgIpc) is 2.20. The van der Waals surface area contributed by atoms with Gasteiger partial charge in [-0.05, 0) is 13.3 Å². The number of amides is 2. The first-order chi connectivity index (χ1) is 7.07. The van der Waals surface area contributed by atoms with E-state index in [-0.39, 0.29) is 12.5 Å². The van der Waals surface area contributed by atoms with Crippen molar-refractivity contribution in [1.82, 2.24) is 10.6 Å². The molecule has 0 aromatic carbocycles. The molecular weight excluding hydrogens is 198 g/mol. The molecule has 0 aromatic rings. The maximum atomic E-state index is 11.4. The lowest BCUT2D eigenvalue weighted by atomic mass is 10.3. The number of nitrogens with one attached hydrogen (secondary N) is 2. The Balaban J connectivity index is 3.55. The van der Waals surface area contributed by atoms with Crippen LogP contribution in [0.15, 0.2) is 0 Å². The fourth-order valence-corrected chi connectivity index (χ4v) is 0.928. The van der Waals surface area contributed by atoms with Crippen molar-refractivity contribution in [2.75, 3.05) is 26.8 Å². The smallest absolute Gasteiger partial charge is 0.236 e. The Morgan fingerprint density at radius 2 is 2.13 bits per heavy atom. The van der Waals surface area contributed by atoms with Crippen molar-refractivity contribution in [3.63, 3.8) is 0 Å². The van der Waals surface area contributed by atoms with E-state index in [0.717, 1.165) is 6.42 Å². The molecule has 0 aliphatic carbocycles. The van der Waals surface area contributed by atoms with Gasteiger partial charge in [-0.25, -0.2) is 0 Å². The van der Waals surface area contributed by atoms with Crippen LogP contribution >= 0.6 is 0 Å². The summed E-state index contributed by atoms with van der Waals surface area (Å²) in [5.41, 5.74) is 4.93. The van der Waals surface area contributed by atoms with E-state index in [0.29, 0.717) is 13.2 Å². The van der Waals surface area contributed by atoms with Gasteiger partial charge in [-0.2, -0.15) is 0 Å². The fraction of sp³-hybridized carbons (Fsp3) is 0.778. The maximum Gasteiger partial charge on any atom is 0.236 e. The van der Waals surface area contributed by atoms with E-state index in [1.165, 1.54) is 0 Å². The second-order valence-corrected chi connectivity index (χ2v) is 3.21. The molecule has 1 unspecified atom stereocenters. The van der Waals surface area contributed by atoms with Crippen molar-refractivity contribution < 1.29 is 14.3 Å². The number of hydrogen-bond acceptors (Lipinski definition) is 4. The van der Waals surface area contributed by atoms with Crippen LogP contribution in [0.1, 0.15) is 13.3 Å². The van der Waals surface area contributed by atoms with Gasteiger partial charge in [-0.1, -0.05) is 0 Å². The Hall–Kier alpha value is -1.14. The van der Waals surface area contributed by atoms with Gasteiger partial charge in [0.15, 0.2) is 0 Å².